The van der Waals surface area contributed by atoms with Crippen LogP contribution in [0.3, 0.4) is 0 Å². The van der Waals surface area contributed by atoms with Crippen molar-refractivity contribution in [2.75, 3.05) is 0 Å². The maximum atomic E-state index is 12.1. The molecule has 0 N–H and O–H groups in total. The van der Waals surface area contributed by atoms with Gasteiger partial charge < -0.3 is 0 Å². The molecule has 2 rings (SSSR count). The second kappa shape index (κ2) is 7.85. The van der Waals surface area contributed by atoms with E-state index >= 15 is 0 Å². The van der Waals surface area contributed by atoms with Gasteiger partial charge in [-0.05, 0) is 18.6 Å². The van der Waals surface area contributed by atoms with Crippen LogP contribution in [0, 0.1) is 11.3 Å². The first-order valence-corrected chi connectivity index (χ1v) is 6.76. The number of pyridine rings is 1. The molecular weight excluding hydrogens is 248 g/mol. The van der Waals surface area contributed by atoms with Gasteiger partial charge in [-0.15, -0.1) is 0 Å². The maximum absolute atomic E-state index is 12.1. The number of nitriles is 1. The van der Waals surface area contributed by atoms with Crippen LogP contribution in [0.5, 0.6) is 0 Å². The molecule has 20 heavy (non-hydrogen) atoms. The van der Waals surface area contributed by atoms with Crippen molar-refractivity contribution >= 4 is 16.7 Å². The lowest BCUT2D eigenvalue weighted by atomic mass is 10.0. The van der Waals surface area contributed by atoms with Gasteiger partial charge in [-0.1, -0.05) is 45.0 Å². The van der Waals surface area contributed by atoms with E-state index in [1.54, 1.807) is 24.4 Å². The largest absolute Gasteiger partial charge is 0.288 e. The smallest absolute Gasteiger partial charge is 0.203 e. The highest BCUT2D eigenvalue weighted by atomic mass is 16.1. The number of allylic oxidation sites excluding steroid dienone is 2. The molecule has 0 spiro atoms. The fourth-order valence-electron chi connectivity index (χ4n) is 1.76. The highest BCUT2D eigenvalue weighted by Gasteiger charge is 2.11. The molecule has 3 heteroatoms. The first kappa shape index (κ1) is 15.6. The van der Waals surface area contributed by atoms with Gasteiger partial charge in [0.1, 0.15) is 6.07 Å². The van der Waals surface area contributed by atoms with Gasteiger partial charge >= 0.3 is 0 Å². The molecule has 3 nitrogen and oxygen atoms in total. The molecule has 0 unspecified atom stereocenters. The number of hydrogen-bond donors (Lipinski definition) is 0. The summed E-state index contributed by atoms with van der Waals surface area (Å²) < 4.78 is 0. The number of nitrogens with zero attached hydrogens (tertiary/aromatic N) is 2. The third kappa shape index (κ3) is 3.52. The van der Waals surface area contributed by atoms with Crippen molar-refractivity contribution in [2.45, 2.75) is 27.2 Å². The molecule has 0 bridgehead atoms. The summed E-state index contributed by atoms with van der Waals surface area (Å²) in [4.78, 5) is 16.3. The topological polar surface area (TPSA) is 53.8 Å². The average molecular weight is 266 g/mol. The van der Waals surface area contributed by atoms with E-state index in [9.17, 15) is 4.79 Å². The van der Waals surface area contributed by atoms with E-state index in [4.69, 9.17) is 5.26 Å². The molecule has 0 fully saturated rings. The third-order valence-electron chi connectivity index (χ3n) is 2.64. The second-order valence-corrected chi connectivity index (χ2v) is 3.88. The van der Waals surface area contributed by atoms with E-state index in [1.807, 2.05) is 45.0 Å². The van der Waals surface area contributed by atoms with Gasteiger partial charge in [0, 0.05) is 17.1 Å². The van der Waals surface area contributed by atoms with E-state index in [1.165, 1.54) is 0 Å². The first-order chi connectivity index (χ1) is 9.76. The van der Waals surface area contributed by atoms with Crippen molar-refractivity contribution in [1.82, 2.24) is 4.98 Å². The summed E-state index contributed by atoms with van der Waals surface area (Å²) in [6.45, 7) is 5.90. The molecule has 0 atom stereocenters. The van der Waals surface area contributed by atoms with Crippen LogP contribution in [-0.4, -0.2) is 10.8 Å². The van der Waals surface area contributed by atoms with Crippen LogP contribution in [0.1, 0.15) is 37.6 Å². The molecule has 0 saturated heterocycles. The zero-order chi connectivity index (χ0) is 15.0. The second-order valence-electron chi connectivity index (χ2n) is 3.88. The Balaban J connectivity index is 0.000000956. The molecule has 0 radical (unpaired) electrons. The molecule has 102 valence electrons. The SMILES string of the molecule is CC.CC/C=C(\C#N)C(=O)c1ccc2cccnc2c1. The zero-order valence-corrected chi connectivity index (χ0v) is 12.1. The predicted molar refractivity (Wildman–Crippen MR) is 81.4 cm³/mol. The van der Waals surface area contributed by atoms with Crippen molar-refractivity contribution in [1.29, 1.82) is 5.26 Å². The summed E-state index contributed by atoms with van der Waals surface area (Å²) in [6.07, 6.45) is 4.00. The average Bonchev–Trinajstić information content (AvgIpc) is 2.53. The van der Waals surface area contributed by atoms with Gasteiger partial charge in [0.2, 0.25) is 5.78 Å². The maximum Gasteiger partial charge on any atom is 0.203 e. The summed E-state index contributed by atoms with van der Waals surface area (Å²) >= 11 is 0. The van der Waals surface area contributed by atoms with E-state index in [-0.39, 0.29) is 11.4 Å². The van der Waals surface area contributed by atoms with Crippen molar-refractivity contribution < 1.29 is 4.79 Å². The molecule has 0 aliphatic rings. The summed E-state index contributed by atoms with van der Waals surface area (Å²) in [5.41, 5.74) is 1.45. The Labute approximate surface area is 119 Å². The van der Waals surface area contributed by atoms with Gasteiger partial charge in [0.25, 0.3) is 0 Å². The minimum absolute atomic E-state index is 0.188. The van der Waals surface area contributed by atoms with Crippen LogP contribution in [0.4, 0.5) is 0 Å². The van der Waals surface area contributed by atoms with Crippen LogP contribution in [0.25, 0.3) is 10.9 Å². The van der Waals surface area contributed by atoms with Crippen molar-refractivity contribution in [3.63, 3.8) is 0 Å². The number of hydrogen-bond acceptors (Lipinski definition) is 3. The fraction of sp³-hybridized carbons (Fsp3) is 0.235. The van der Waals surface area contributed by atoms with E-state index in [2.05, 4.69) is 4.98 Å². The zero-order valence-electron chi connectivity index (χ0n) is 12.1. The molecule has 1 aromatic heterocycles. The number of fused-ring (bicyclic) bond motifs is 1. The lowest BCUT2D eigenvalue weighted by Gasteiger charge is -2.01. The number of rotatable bonds is 3. The molecule has 2 aromatic rings. The minimum atomic E-state index is -0.244. The molecular formula is C17H18N2O. The molecule has 1 aromatic carbocycles. The fourth-order valence-corrected chi connectivity index (χ4v) is 1.76. The molecule has 0 saturated carbocycles. The highest BCUT2D eigenvalue weighted by Crippen LogP contribution is 2.16. The summed E-state index contributed by atoms with van der Waals surface area (Å²) in [5, 5.41) is 9.93. The van der Waals surface area contributed by atoms with Crippen molar-refractivity contribution in [3.05, 3.63) is 53.7 Å². The number of carbonyl (C=O) groups excluding carboxylic acids is 1. The standard InChI is InChI=1S/C15H12N2O.C2H6/c1-2-4-13(10-16)15(18)12-7-6-11-5-3-8-17-14(11)9-12;1-2/h3-9H,2H2,1H3;1-2H3/b13-4+;. The van der Waals surface area contributed by atoms with E-state index in [0.29, 0.717) is 12.0 Å². The van der Waals surface area contributed by atoms with Gasteiger partial charge in [-0.25, -0.2) is 0 Å². The highest BCUT2D eigenvalue weighted by molar-refractivity contribution is 6.12. The van der Waals surface area contributed by atoms with Crippen molar-refractivity contribution in [3.8, 4) is 6.07 Å². The van der Waals surface area contributed by atoms with Gasteiger partial charge in [-0.2, -0.15) is 5.26 Å². The Kier molecular flexibility index (Phi) is 6.12. The number of aromatic nitrogens is 1. The van der Waals surface area contributed by atoms with Gasteiger partial charge in [-0.3, -0.25) is 9.78 Å². The van der Waals surface area contributed by atoms with Crippen LogP contribution >= 0.6 is 0 Å². The Morgan fingerprint density at radius 2 is 2.10 bits per heavy atom. The van der Waals surface area contributed by atoms with Gasteiger partial charge in [0.15, 0.2) is 0 Å². The Morgan fingerprint density at radius 3 is 2.75 bits per heavy atom. The summed E-state index contributed by atoms with van der Waals surface area (Å²) in [7, 11) is 0. The molecule has 0 amide bonds. The van der Waals surface area contributed by atoms with Crippen LogP contribution in [0.15, 0.2) is 48.2 Å². The molecule has 0 aliphatic heterocycles. The molecule has 1 heterocycles. The number of benzene rings is 1. The quantitative estimate of drug-likeness (QED) is 0.472. The van der Waals surface area contributed by atoms with Crippen molar-refractivity contribution in [2.24, 2.45) is 0 Å². The summed E-state index contributed by atoms with van der Waals surface area (Å²) in [6, 6.07) is 11.0. The lowest BCUT2D eigenvalue weighted by molar-refractivity contribution is 0.103. The third-order valence-corrected chi connectivity index (χ3v) is 2.64. The number of ketones is 1. The monoisotopic (exact) mass is 266 g/mol. The Morgan fingerprint density at radius 1 is 1.35 bits per heavy atom. The lowest BCUT2D eigenvalue weighted by Crippen LogP contribution is -2.02. The van der Waals surface area contributed by atoms with Gasteiger partial charge in [0.05, 0.1) is 11.1 Å². The number of Topliss-reactive ketones (excluding diaryl/α,β-unsaturated/α-hetero) is 1. The van der Waals surface area contributed by atoms with Crippen LogP contribution < -0.4 is 0 Å². The summed E-state index contributed by atoms with van der Waals surface area (Å²) in [5.74, 6) is -0.244. The van der Waals surface area contributed by atoms with E-state index in [0.717, 1.165) is 10.9 Å². The number of carbonyl (C=O) groups is 1. The Bertz CT molecular complexity index is 666. The van der Waals surface area contributed by atoms with Crippen LogP contribution in [-0.2, 0) is 0 Å². The minimum Gasteiger partial charge on any atom is -0.288 e. The Hall–Kier alpha value is -2.47. The predicted octanol–water partition coefficient (Wildman–Crippen LogP) is 4.30. The molecule has 0 aliphatic carbocycles. The first-order valence-electron chi connectivity index (χ1n) is 6.76. The van der Waals surface area contributed by atoms with E-state index < -0.39 is 0 Å². The van der Waals surface area contributed by atoms with Crippen LogP contribution in [0.2, 0.25) is 0 Å². The normalized spacial score (nSPS) is 10.4.